The molecule has 122 valence electrons. The van der Waals surface area contributed by atoms with Crippen molar-refractivity contribution in [2.24, 2.45) is 0 Å². The predicted molar refractivity (Wildman–Crippen MR) is 100 cm³/mol. The molecule has 0 atom stereocenters. The summed E-state index contributed by atoms with van der Waals surface area (Å²) in [5, 5.41) is 9.69. The number of morpholine rings is 1. The topological polar surface area (TPSA) is 36.5 Å². The highest BCUT2D eigenvalue weighted by atomic mass is 32.1. The van der Waals surface area contributed by atoms with Crippen LogP contribution in [-0.2, 0) is 4.74 Å². The van der Waals surface area contributed by atoms with Crippen molar-refractivity contribution in [3.05, 3.63) is 42.5 Å². The third-order valence-corrected chi connectivity index (χ3v) is 4.32. The number of nitrogens with zero attached hydrogens (tertiary/aromatic N) is 1. The molecule has 0 amide bonds. The summed E-state index contributed by atoms with van der Waals surface area (Å²) in [5.74, 6) is 0. The van der Waals surface area contributed by atoms with Gasteiger partial charge in [0.15, 0.2) is 5.11 Å². The van der Waals surface area contributed by atoms with Crippen molar-refractivity contribution in [1.29, 1.82) is 0 Å². The number of hydrogen-bond acceptors (Lipinski definition) is 3. The molecule has 2 N–H and O–H groups in total. The van der Waals surface area contributed by atoms with E-state index in [0.717, 1.165) is 51.5 Å². The first-order valence-corrected chi connectivity index (χ1v) is 8.56. The van der Waals surface area contributed by atoms with E-state index in [2.05, 4.69) is 39.8 Å². The molecule has 4 nitrogen and oxygen atoms in total. The van der Waals surface area contributed by atoms with Crippen LogP contribution in [0.3, 0.4) is 0 Å². The number of rotatable bonds is 5. The summed E-state index contributed by atoms with van der Waals surface area (Å²) in [5.41, 5.74) is 1.05. The van der Waals surface area contributed by atoms with Gasteiger partial charge in [-0.25, -0.2) is 0 Å². The van der Waals surface area contributed by atoms with Gasteiger partial charge in [0, 0.05) is 30.7 Å². The van der Waals surface area contributed by atoms with Crippen LogP contribution >= 0.6 is 12.2 Å². The summed E-state index contributed by atoms with van der Waals surface area (Å²) in [4.78, 5) is 2.44. The number of anilines is 1. The molecule has 23 heavy (non-hydrogen) atoms. The molecule has 0 bridgehead atoms. The van der Waals surface area contributed by atoms with Gasteiger partial charge in [-0.1, -0.05) is 36.4 Å². The van der Waals surface area contributed by atoms with E-state index in [1.807, 2.05) is 18.2 Å². The molecule has 1 aliphatic heterocycles. The van der Waals surface area contributed by atoms with Gasteiger partial charge in [-0.15, -0.1) is 0 Å². The lowest BCUT2D eigenvalue weighted by atomic mass is 10.1. The van der Waals surface area contributed by atoms with Gasteiger partial charge in [-0.3, -0.25) is 4.90 Å². The summed E-state index contributed by atoms with van der Waals surface area (Å²) in [6, 6.07) is 14.5. The molecule has 0 unspecified atom stereocenters. The van der Waals surface area contributed by atoms with Gasteiger partial charge in [0.1, 0.15) is 0 Å². The first kappa shape index (κ1) is 16.2. The van der Waals surface area contributed by atoms with E-state index < -0.39 is 0 Å². The summed E-state index contributed by atoms with van der Waals surface area (Å²) in [6.45, 7) is 5.77. The Balaban J connectivity index is 1.45. The third kappa shape index (κ3) is 4.64. The average molecular weight is 329 g/mol. The van der Waals surface area contributed by atoms with E-state index in [1.54, 1.807) is 0 Å². The van der Waals surface area contributed by atoms with E-state index in [0.29, 0.717) is 5.11 Å². The summed E-state index contributed by atoms with van der Waals surface area (Å²) in [6.07, 6.45) is 1.08. The molecule has 0 aromatic heterocycles. The molecule has 1 saturated heterocycles. The SMILES string of the molecule is S=C(NCCCN1CCOCC1)Nc1cccc2ccccc12. The number of thiocarbonyl (C=S) groups is 1. The maximum Gasteiger partial charge on any atom is 0.170 e. The van der Waals surface area contributed by atoms with Gasteiger partial charge in [0.2, 0.25) is 0 Å². The normalized spacial score (nSPS) is 15.5. The molecule has 2 aromatic rings. The Morgan fingerprint density at radius 3 is 2.74 bits per heavy atom. The van der Waals surface area contributed by atoms with E-state index in [4.69, 9.17) is 17.0 Å². The molecule has 0 aliphatic carbocycles. The minimum absolute atomic E-state index is 0.684. The molecule has 3 rings (SSSR count). The fourth-order valence-electron chi connectivity index (χ4n) is 2.83. The van der Waals surface area contributed by atoms with Gasteiger partial charge in [0.25, 0.3) is 0 Å². The van der Waals surface area contributed by atoms with Crippen molar-refractivity contribution in [3.63, 3.8) is 0 Å². The second-order valence-corrected chi connectivity index (χ2v) is 6.12. The van der Waals surface area contributed by atoms with Crippen LogP contribution in [0.5, 0.6) is 0 Å². The fraction of sp³-hybridized carbons (Fsp3) is 0.389. The summed E-state index contributed by atoms with van der Waals surface area (Å²) < 4.78 is 5.36. The molecule has 1 fully saturated rings. The molecule has 5 heteroatoms. The number of hydrogen-bond donors (Lipinski definition) is 2. The van der Waals surface area contributed by atoms with Crippen molar-refractivity contribution in [3.8, 4) is 0 Å². The molecule has 0 spiro atoms. The van der Waals surface area contributed by atoms with Crippen molar-refractivity contribution in [2.45, 2.75) is 6.42 Å². The lowest BCUT2D eigenvalue weighted by Gasteiger charge is -2.26. The van der Waals surface area contributed by atoms with Gasteiger partial charge >= 0.3 is 0 Å². The van der Waals surface area contributed by atoms with E-state index in [1.165, 1.54) is 10.8 Å². The maximum atomic E-state index is 5.41. The van der Waals surface area contributed by atoms with Crippen LogP contribution in [0, 0.1) is 0 Å². The van der Waals surface area contributed by atoms with Crippen molar-refractivity contribution < 1.29 is 4.74 Å². The van der Waals surface area contributed by atoms with Crippen LogP contribution in [0.2, 0.25) is 0 Å². The Hall–Kier alpha value is -1.69. The molecule has 0 saturated carbocycles. The van der Waals surface area contributed by atoms with Crippen LogP contribution < -0.4 is 10.6 Å². The molecule has 2 aromatic carbocycles. The van der Waals surface area contributed by atoms with E-state index in [-0.39, 0.29) is 0 Å². The maximum absolute atomic E-state index is 5.41. The van der Waals surface area contributed by atoms with E-state index in [9.17, 15) is 0 Å². The van der Waals surface area contributed by atoms with Crippen LogP contribution in [0.1, 0.15) is 6.42 Å². The van der Waals surface area contributed by atoms with Crippen molar-refractivity contribution in [2.75, 3.05) is 44.7 Å². The highest BCUT2D eigenvalue weighted by Crippen LogP contribution is 2.22. The zero-order chi connectivity index (χ0) is 15.9. The summed E-state index contributed by atoms with van der Waals surface area (Å²) >= 11 is 5.41. The zero-order valence-corrected chi connectivity index (χ0v) is 14.1. The van der Waals surface area contributed by atoms with Crippen molar-refractivity contribution in [1.82, 2.24) is 10.2 Å². The van der Waals surface area contributed by atoms with E-state index >= 15 is 0 Å². The lowest BCUT2D eigenvalue weighted by Crippen LogP contribution is -2.38. The molecular weight excluding hydrogens is 306 g/mol. The number of nitrogens with one attached hydrogen (secondary N) is 2. The van der Waals surface area contributed by atoms with Gasteiger partial charge in [-0.05, 0) is 36.6 Å². The molecule has 0 radical (unpaired) electrons. The number of fused-ring (bicyclic) bond motifs is 1. The monoisotopic (exact) mass is 329 g/mol. The predicted octanol–water partition coefficient (Wildman–Crippen LogP) is 2.85. The average Bonchev–Trinajstić information content (AvgIpc) is 2.60. The number of ether oxygens (including phenoxy) is 1. The largest absolute Gasteiger partial charge is 0.379 e. The molecule has 1 aliphatic rings. The minimum Gasteiger partial charge on any atom is -0.379 e. The van der Waals surface area contributed by atoms with Crippen molar-refractivity contribution >= 4 is 33.8 Å². The Morgan fingerprint density at radius 2 is 1.87 bits per heavy atom. The van der Waals surface area contributed by atoms with Gasteiger partial charge < -0.3 is 15.4 Å². The Kier molecular flexibility index (Phi) is 5.80. The Morgan fingerprint density at radius 1 is 1.09 bits per heavy atom. The number of benzene rings is 2. The zero-order valence-electron chi connectivity index (χ0n) is 13.3. The van der Waals surface area contributed by atoms with Gasteiger partial charge in [-0.2, -0.15) is 0 Å². The van der Waals surface area contributed by atoms with Gasteiger partial charge in [0.05, 0.1) is 13.2 Å². The first-order chi connectivity index (χ1) is 11.3. The summed E-state index contributed by atoms with van der Waals surface area (Å²) in [7, 11) is 0. The van der Waals surface area contributed by atoms with Crippen LogP contribution in [0.25, 0.3) is 10.8 Å². The second kappa shape index (κ2) is 8.24. The second-order valence-electron chi connectivity index (χ2n) is 5.72. The third-order valence-electron chi connectivity index (χ3n) is 4.08. The quantitative estimate of drug-likeness (QED) is 0.652. The van der Waals surface area contributed by atoms with Crippen LogP contribution in [0.4, 0.5) is 5.69 Å². The highest BCUT2D eigenvalue weighted by molar-refractivity contribution is 7.80. The minimum atomic E-state index is 0.684. The first-order valence-electron chi connectivity index (χ1n) is 8.16. The lowest BCUT2D eigenvalue weighted by molar-refractivity contribution is 0.0376. The standard InChI is InChI=1S/C18H23N3OS/c23-18(19-9-4-10-21-11-13-22-14-12-21)20-17-8-3-6-15-5-1-2-7-16(15)17/h1-3,5-8H,4,9-14H2,(H2,19,20,23). The highest BCUT2D eigenvalue weighted by Gasteiger charge is 2.09. The Labute approximate surface area is 142 Å². The molecule has 1 heterocycles. The van der Waals surface area contributed by atoms with Crippen LogP contribution in [-0.4, -0.2) is 49.4 Å². The molecular formula is C18H23N3OS. The fourth-order valence-corrected chi connectivity index (χ4v) is 3.04. The smallest absolute Gasteiger partial charge is 0.170 e. The van der Waals surface area contributed by atoms with Crippen LogP contribution in [0.15, 0.2) is 42.5 Å². The Bertz CT molecular complexity index is 650.